The number of esters is 1. The number of methoxy groups -OCH3 is 1. The number of amides is 1. The molecule has 1 amide bonds. The summed E-state index contributed by atoms with van der Waals surface area (Å²) in [5, 5.41) is 0.0681. The molecule has 0 fully saturated rings. The molecule has 1 aliphatic rings. The van der Waals surface area contributed by atoms with Gasteiger partial charge in [0.2, 0.25) is 5.88 Å². The van der Waals surface area contributed by atoms with Crippen LogP contribution >= 0.6 is 23.2 Å². The number of aromatic nitrogens is 1. The number of fused-ring (bicyclic) bond motifs is 1. The van der Waals surface area contributed by atoms with Crippen molar-refractivity contribution in [3.63, 3.8) is 0 Å². The summed E-state index contributed by atoms with van der Waals surface area (Å²) in [6, 6.07) is 9.65. The number of rotatable bonds is 6. The van der Waals surface area contributed by atoms with E-state index in [1.54, 1.807) is 0 Å². The molecule has 0 N–H and O–H groups in total. The standard InChI is InChI=1S/C26H21Cl2F3N2O5/c1-13(23(26(29,30)31)14-4-7-21-20(9-14)33(2)22(34)12-37-21)17-6-5-16(10-18(17)27)38-24-19(28)8-15(11-32-24)25(35)36-3/h4-11,13,23H,12H2,1-3H3. The molecule has 1 aromatic heterocycles. The summed E-state index contributed by atoms with van der Waals surface area (Å²) in [7, 11) is 2.70. The molecule has 7 nitrogen and oxygen atoms in total. The number of halogens is 5. The van der Waals surface area contributed by atoms with Gasteiger partial charge in [0.15, 0.2) is 6.61 Å². The highest BCUT2D eigenvalue weighted by Gasteiger charge is 2.45. The molecule has 0 aliphatic carbocycles. The van der Waals surface area contributed by atoms with Gasteiger partial charge in [-0.1, -0.05) is 42.3 Å². The largest absolute Gasteiger partial charge is 0.482 e. The van der Waals surface area contributed by atoms with Crippen LogP contribution in [0.25, 0.3) is 0 Å². The fraction of sp³-hybridized carbons (Fsp3) is 0.269. The van der Waals surface area contributed by atoms with Gasteiger partial charge in [0.1, 0.15) is 16.5 Å². The van der Waals surface area contributed by atoms with Crippen LogP contribution in [0.15, 0.2) is 48.7 Å². The van der Waals surface area contributed by atoms with Crippen LogP contribution in [0.5, 0.6) is 17.4 Å². The van der Waals surface area contributed by atoms with Gasteiger partial charge in [-0.2, -0.15) is 13.2 Å². The Bertz CT molecular complexity index is 1400. The fourth-order valence-electron chi connectivity index (χ4n) is 4.21. The van der Waals surface area contributed by atoms with Crippen molar-refractivity contribution in [2.45, 2.75) is 24.9 Å². The summed E-state index contributed by atoms with van der Waals surface area (Å²) in [5.74, 6) is -3.53. The summed E-state index contributed by atoms with van der Waals surface area (Å²) < 4.78 is 58.7. The molecule has 200 valence electrons. The predicted molar refractivity (Wildman–Crippen MR) is 135 cm³/mol. The molecular formula is C26H21Cl2F3N2O5. The number of hydrogen-bond donors (Lipinski definition) is 0. The van der Waals surface area contributed by atoms with E-state index in [4.69, 9.17) is 32.7 Å². The molecular weight excluding hydrogens is 548 g/mol. The zero-order valence-corrected chi connectivity index (χ0v) is 21.8. The first kappa shape index (κ1) is 27.5. The summed E-state index contributed by atoms with van der Waals surface area (Å²) >= 11 is 12.6. The van der Waals surface area contributed by atoms with Crippen LogP contribution in [-0.4, -0.2) is 43.8 Å². The number of nitrogens with zero attached hydrogens (tertiary/aromatic N) is 2. The van der Waals surface area contributed by atoms with Crippen molar-refractivity contribution in [1.29, 1.82) is 0 Å². The molecule has 3 aromatic rings. The maximum Gasteiger partial charge on any atom is 0.396 e. The molecule has 2 aromatic carbocycles. The van der Waals surface area contributed by atoms with Crippen molar-refractivity contribution in [2.75, 3.05) is 25.7 Å². The average molecular weight is 569 g/mol. The van der Waals surface area contributed by atoms with E-state index in [1.807, 2.05) is 0 Å². The van der Waals surface area contributed by atoms with Crippen molar-refractivity contribution < 1.29 is 37.0 Å². The van der Waals surface area contributed by atoms with E-state index in [0.717, 1.165) is 0 Å². The van der Waals surface area contributed by atoms with Crippen molar-refractivity contribution in [3.8, 4) is 17.4 Å². The molecule has 2 heterocycles. The van der Waals surface area contributed by atoms with Crippen LogP contribution in [0.4, 0.5) is 18.9 Å². The second-order valence-electron chi connectivity index (χ2n) is 8.56. The Morgan fingerprint density at radius 1 is 1.13 bits per heavy atom. The highest BCUT2D eigenvalue weighted by molar-refractivity contribution is 6.32. The van der Waals surface area contributed by atoms with E-state index < -0.39 is 24.0 Å². The smallest absolute Gasteiger partial charge is 0.396 e. The predicted octanol–water partition coefficient (Wildman–Crippen LogP) is 6.77. The zero-order valence-electron chi connectivity index (χ0n) is 20.3. The third kappa shape index (κ3) is 5.51. The summed E-state index contributed by atoms with van der Waals surface area (Å²) in [6.07, 6.45) is -3.41. The number of likely N-dealkylation sites (N-methyl/N-ethyl adjacent to an activating group) is 1. The first-order chi connectivity index (χ1) is 17.9. The third-order valence-corrected chi connectivity index (χ3v) is 6.78. The van der Waals surface area contributed by atoms with E-state index in [0.29, 0.717) is 5.75 Å². The van der Waals surface area contributed by atoms with E-state index >= 15 is 0 Å². The van der Waals surface area contributed by atoms with Gasteiger partial charge in [0, 0.05) is 18.3 Å². The van der Waals surface area contributed by atoms with Gasteiger partial charge in [-0.05, 0) is 47.4 Å². The molecule has 0 saturated carbocycles. The van der Waals surface area contributed by atoms with Crippen LogP contribution < -0.4 is 14.4 Å². The molecule has 4 rings (SSSR count). The molecule has 38 heavy (non-hydrogen) atoms. The van der Waals surface area contributed by atoms with Gasteiger partial charge < -0.3 is 19.1 Å². The summed E-state index contributed by atoms with van der Waals surface area (Å²) in [5.41, 5.74) is 0.582. The Balaban J connectivity index is 1.63. The Labute approximate surface area is 226 Å². The summed E-state index contributed by atoms with van der Waals surface area (Å²) in [6.45, 7) is 1.25. The molecule has 0 spiro atoms. The molecule has 2 unspecified atom stereocenters. The zero-order chi connectivity index (χ0) is 27.8. The quantitative estimate of drug-likeness (QED) is 0.305. The number of pyridine rings is 1. The Kier molecular flexibility index (Phi) is 7.75. The number of ether oxygens (including phenoxy) is 3. The number of carbonyl (C=O) groups is 2. The molecule has 0 radical (unpaired) electrons. The van der Waals surface area contributed by atoms with Crippen LogP contribution in [-0.2, 0) is 9.53 Å². The SMILES string of the molecule is COC(=O)c1cnc(Oc2ccc(C(C)C(c3ccc4c(c3)N(C)C(=O)CO4)C(F)(F)F)c(Cl)c2)c(Cl)c1. The lowest BCUT2D eigenvalue weighted by Gasteiger charge is -2.31. The fourth-order valence-corrected chi connectivity index (χ4v) is 4.75. The first-order valence-electron chi connectivity index (χ1n) is 11.2. The lowest BCUT2D eigenvalue weighted by atomic mass is 9.81. The average Bonchev–Trinajstić information content (AvgIpc) is 2.86. The second-order valence-corrected chi connectivity index (χ2v) is 9.38. The Morgan fingerprint density at radius 2 is 1.87 bits per heavy atom. The van der Waals surface area contributed by atoms with Crippen LogP contribution in [0.2, 0.25) is 10.0 Å². The third-order valence-electron chi connectivity index (χ3n) is 6.19. The van der Waals surface area contributed by atoms with Crippen molar-refractivity contribution >= 4 is 40.8 Å². The number of hydrogen-bond acceptors (Lipinski definition) is 6. The number of anilines is 1. The molecule has 1 aliphatic heterocycles. The van der Waals surface area contributed by atoms with Gasteiger partial charge in [-0.15, -0.1) is 0 Å². The molecule has 2 atom stereocenters. The van der Waals surface area contributed by atoms with Crippen LogP contribution in [0.1, 0.15) is 40.2 Å². The number of benzene rings is 2. The van der Waals surface area contributed by atoms with Crippen molar-refractivity contribution in [1.82, 2.24) is 4.98 Å². The highest BCUT2D eigenvalue weighted by atomic mass is 35.5. The number of carbonyl (C=O) groups excluding carboxylic acids is 2. The highest BCUT2D eigenvalue weighted by Crippen LogP contribution is 2.48. The van der Waals surface area contributed by atoms with Gasteiger partial charge in [0.25, 0.3) is 5.91 Å². The molecule has 0 saturated heterocycles. The van der Waals surface area contributed by atoms with Crippen molar-refractivity contribution in [2.24, 2.45) is 0 Å². The second kappa shape index (κ2) is 10.7. The van der Waals surface area contributed by atoms with Crippen molar-refractivity contribution in [3.05, 3.63) is 75.4 Å². The Hall–Kier alpha value is -3.50. The van der Waals surface area contributed by atoms with Gasteiger partial charge in [0.05, 0.1) is 24.3 Å². The lowest BCUT2D eigenvalue weighted by molar-refractivity contribution is -0.154. The van der Waals surface area contributed by atoms with Gasteiger partial charge in [-0.3, -0.25) is 4.79 Å². The lowest BCUT2D eigenvalue weighted by Crippen LogP contribution is -2.35. The van der Waals surface area contributed by atoms with E-state index in [1.165, 1.54) is 74.6 Å². The minimum Gasteiger partial charge on any atom is -0.482 e. The maximum absolute atomic E-state index is 14.4. The minimum atomic E-state index is -4.62. The monoisotopic (exact) mass is 568 g/mol. The van der Waals surface area contributed by atoms with E-state index in [-0.39, 0.29) is 56.6 Å². The normalized spacial score (nSPS) is 14.8. The van der Waals surface area contributed by atoms with Crippen LogP contribution in [0, 0.1) is 0 Å². The van der Waals surface area contributed by atoms with Gasteiger partial charge in [-0.25, -0.2) is 9.78 Å². The van der Waals surface area contributed by atoms with E-state index in [2.05, 4.69) is 9.72 Å². The van der Waals surface area contributed by atoms with Crippen LogP contribution in [0.3, 0.4) is 0 Å². The van der Waals surface area contributed by atoms with Gasteiger partial charge >= 0.3 is 12.1 Å². The summed E-state index contributed by atoms with van der Waals surface area (Å²) in [4.78, 5) is 28.9. The topological polar surface area (TPSA) is 78.0 Å². The van der Waals surface area contributed by atoms with E-state index in [9.17, 15) is 22.8 Å². The number of alkyl halides is 3. The maximum atomic E-state index is 14.4. The minimum absolute atomic E-state index is 0.0263. The first-order valence-corrected chi connectivity index (χ1v) is 12.0. The Morgan fingerprint density at radius 3 is 2.50 bits per heavy atom. The molecule has 0 bridgehead atoms. The molecule has 12 heteroatoms.